The summed E-state index contributed by atoms with van der Waals surface area (Å²) in [5, 5.41) is 2.71. The van der Waals surface area contributed by atoms with E-state index in [1.807, 2.05) is 32.9 Å². The summed E-state index contributed by atoms with van der Waals surface area (Å²) in [4.78, 5) is 15.9. The molecule has 2 rings (SSSR count). The SMILES string of the molecule is CC(C)(C)OC(=O)Nc1ccc2scnc2c1Br. The monoisotopic (exact) mass is 328 g/mol. The molecule has 0 aliphatic carbocycles. The van der Waals surface area contributed by atoms with E-state index in [1.165, 1.54) is 0 Å². The van der Waals surface area contributed by atoms with Crippen LogP contribution in [0.25, 0.3) is 10.2 Å². The molecule has 0 spiro atoms. The van der Waals surface area contributed by atoms with Gasteiger partial charge in [-0.1, -0.05) is 0 Å². The highest BCUT2D eigenvalue weighted by atomic mass is 79.9. The molecule has 1 aromatic heterocycles. The van der Waals surface area contributed by atoms with Crippen molar-refractivity contribution in [2.75, 3.05) is 5.32 Å². The number of rotatable bonds is 1. The van der Waals surface area contributed by atoms with Crippen molar-refractivity contribution >= 4 is 49.3 Å². The van der Waals surface area contributed by atoms with Crippen molar-refractivity contribution in [1.82, 2.24) is 4.98 Å². The maximum Gasteiger partial charge on any atom is 0.412 e. The van der Waals surface area contributed by atoms with Crippen LogP contribution in [-0.4, -0.2) is 16.7 Å². The molecule has 0 unspecified atom stereocenters. The molecule has 1 N–H and O–H groups in total. The predicted octanol–water partition coefficient (Wildman–Crippen LogP) is 4.41. The molecule has 1 amide bonds. The first-order valence-corrected chi connectivity index (χ1v) is 7.06. The molecule has 0 aliphatic heterocycles. The Morgan fingerprint density at radius 2 is 2.17 bits per heavy atom. The van der Waals surface area contributed by atoms with Crippen molar-refractivity contribution in [3.8, 4) is 0 Å². The van der Waals surface area contributed by atoms with Gasteiger partial charge in [0.05, 0.1) is 25.9 Å². The van der Waals surface area contributed by atoms with Gasteiger partial charge in [-0.15, -0.1) is 11.3 Å². The highest BCUT2D eigenvalue weighted by Crippen LogP contribution is 2.32. The van der Waals surface area contributed by atoms with E-state index in [4.69, 9.17) is 4.74 Å². The number of nitrogens with zero attached hydrogens (tertiary/aromatic N) is 1. The molecule has 0 aliphatic rings. The third-order valence-corrected chi connectivity index (χ3v) is 3.67. The lowest BCUT2D eigenvalue weighted by molar-refractivity contribution is 0.0636. The smallest absolute Gasteiger partial charge is 0.412 e. The second-order valence-electron chi connectivity index (χ2n) is 4.75. The number of benzene rings is 1. The Morgan fingerprint density at radius 3 is 2.83 bits per heavy atom. The Hall–Kier alpha value is -1.14. The van der Waals surface area contributed by atoms with Crippen LogP contribution in [0.2, 0.25) is 0 Å². The van der Waals surface area contributed by atoms with Crippen LogP contribution in [0.3, 0.4) is 0 Å². The van der Waals surface area contributed by atoms with Gasteiger partial charge in [0, 0.05) is 0 Å². The topological polar surface area (TPSA) is 51.2 Å². The number of anilines is 1. The summed E-state index contributed by atoms with van der Waals surface area (Å²) in [6.45, 7) is 5.47. The molecule has 0 saturated carbocycles. The Labute approximate surface area is 117 Å². The zero-order valence-corrected chi connectivity index (χ0v) is 12.7. The van der Waals surface area contributed by atoms with Gasteiger partial charge >= 0.3 is 6.09 Å². The van der Waals surface area contributed by atoms with Gasteiger partial charge in [-0.3, -0.25) is 5.32 Å². The van der Waals surface area contributed by atoms with E-state index in [2.05, 4.69) is 26.2 Å². The largest absolute Gasteiger partial charge is 0.444 e. The summed E-state index contributed by atoms with van der Waals surface area (Å²) >= 11 is 5.00. The number of carbonyl (C=O) groups excluding carboxylic acids is 1. The molecule has 0 radical (unpaired) electrons. The number of thiazole rings is 1. The van der Waals surface area contributed by atoms with Crippen LogP contribution in [0, 0.1) is 0 Å². The van der Waals surface area contributed by atoms with Crippen LogP contribution in [0.4, 0.5) is 10.5 Å². The fraction of sp³-hybridized carbons (Fsp3) is 0.333. The van der Waals surface area contributed by atoms with E-state index in [9.17, 15) is 4.79 Å². The van der Waals surface area contributed by atoms with Gasteiger partial charge < -0.3 is 4.74 Å². The summed E-state index contributed by atoms with van der Waals surface area (Å²) < 4.78 is 7.04. The van der Waals surface area contributed by atoms with E-state index in [0.29, 0.717) is 5.69 Å². The number of halogens is 1. The quantitative estimate of drug-likeness (QED) is 0.843. The zero-order valence-electron chi connectivity index (χ0n) is 10.3. The molecule has 0 fully saturated rings. The fourth-order valence-electron chi connectivity index (χ4n) is 1.41. The molecule has 96 valence electrons. The molecule has 18 heavy (non-hydrogen) atoms. The molecule has 0 saturated heterocycles. The highest BCUT2D eigenvalue weighted by molar-refractivity contribution is 9.10. The number of hydrogen-bond acceptors (Lipinski definition) is 4. The summed E-state index contributed by atoms with van der Waals surface area (Å²) in [6, 6.07) is 3.75. The van der Waals surface area contributed by atoms with Crippen LogP contribution in [0.15, 0.2) is 22.1 Å². The Morgan fingerprint density at radius 1 is 1.44 bits per heavy atom. The van der Waals surface area contributed by atoms with Crippen LogP contribution < -0.4 is 5.32 Å². The lowest BCUT2D eigenvalue weighted by Gasteiger charge is -2.20. The number of carbonyl (C=O) groups is 1. The first-order chi connectivity index (χ1) is 8.37. The second-order valence-corrected chi connectivity index (χ2v) is 6.43. The summed E-state index contributed by atoms with van der Waals surface area (Å²) in [5.74, 6) is 0. The average Bonchev–Trinajstić information content (AvgIpc) is 2.68. The highest BCUT2D eigenvalue weighted by Gasteiger charge is 2.17. The third-order valence-electron chi connectivity index (χ3n) is 2.08. The van der Waals surface area contributed by atoms with Gasteiger partial charge in [-0.05, 0) is 48.8 Å². The lowest BCUT2D eigenvalue weighted by Crippen LogP contribution is -2.27. The van der Waals surface area contributed by atoms with Crippen LogP contribution in [0.5, 0.6) is 0 Å². The third kappa shape index (κ3) is 3.00. The summed E-state index contributed by atoms with van der Waals surface area (Å²) in [6.07, 6.45) is -0.474. The Kier molecular flexibility index (Phi) is 3.59. The maximum atomic E-state index is 11.7. The number of nitrogens with one attached hydrogen (secondary N) is 1. The van der Waals surface area contributed by atoms with Gasteiger partial charge in [0.1, 0.15) is 5.60 Å². The number of fused-ring (bicyclic) bond motifs is 1. The van der Waals surface area contributed by atoms with Crippen molar-refractivity contribution in [2.24, 2.45) is 0 Å². The van der Waals surface area contributed by atoms with Crippen molar-refractivity contribution < 1.29 is 9.53 Å². The first-order valence-electron chi connectivity index (χ1n) is 5.38. The predicted molar refractivity (Wildman–Crippen MR) is 77.2 cm³/mol. The maximum absolute atomic E-state index is 11.7. The minimum Gasteiger partial charge on any atom is -0.444 e. The minimum absolute atomic E-state index is 0.474. The van der Waals surface area contributed by atoms with Gasteiger partial charge in [0.25, 0.3) is 0 Å². The Bertz CT molecular complexity index is 589. The first kappa shape index (κ1) is 13.3. The van der Waals surface area contributed by atoms with E-state index in [-0.39, 0.29) is 0 Å². The zero-order chi connectivity index (χ0) is 13.3. The van der Waals surface area contributed by atoms with Crippen LogP contribution in [-0.2, 0) is 4.74 Å². The van der Waals surface area contributed by atoms with E-state index >= 15 is 0 Å². The van der Waals surface area contributed by atoms with Gasteiger partial charge in [0.15, 0.2) is 0 Å². The molecule has 0 atom stereocenters. The number of amides is 1. The van der Waals surface area contributed by atoms with Crippen LogP contribution in [0.1, 0.15) is 20.8 Å². The normalized spacial score (nSPS) is 11.6. The standard InChI is InChI=1S/C12H13BrN2O2S/c1-12(2,3)17-11(16)15-7-4-5-8-10(9(7)13)14-6-18-8/h4-6H,1-3H3,(H,15,16). The second kappa shape index (κ2) is 4.85. The molecule has 1 aromatic carbocycles. The Balaban J connectivity index is 2.21. The van der Waals surface area contributed by atoms with Crippen LogP contribution >= 0.6 is 27.3 Å². The van der Waals surface area contributed by atoms with Gasteiger partial charge in [-0.25, -0.2) is 9.78 Å². The van der Waals surface area contributed by atoms with E-state index in [1.54, 1.807) is 16.8 Å². The van der Waals surface area contributed by atoms with Gasteiger partial charge in [-0.2, -0.15) is 0 Å². The molecule has 6 heteroatoms. The van der Waals surface area contributed by atoms with Crippen molar-refractivity contribution in [2.45, 2.75) is 26.4 Å². The van der Waals surface area contributed by atoms with Crippen molar-refractivity contribution in [1.29, 1.82) is 0 Å². The van der Waals surface area contributed by atoms with Crippen molar-refractivity contribution in [3.63, 3.8) is 0 Å². The van der Waals surface area contributed by atoms with E-state index < -0.39 is 11.7 Å². The minimum atomic E-state index is -0.513. The molecular weight excluding hydrogens is 316 g/mol. The fourth-order valence-corrected chi connectivity index (χ4v) is 2.77. The average molecular weight is 329 g/mol. The van der Waals surface area contributed by atoms with Crippen molar-refractivity contribution in [3.05, 3.63) is 22.1 Å². The molecule has 4 nitrogen and oxygen atoms in total. The molecule has 0 bridgehead atoms. The van der Waals surface area contributed by atoms with E-state index in [0.717, 1.165) is 14.7 Å². The molecule has 1 heterocycles. The van der Waals surface area contributed by atoms with Gasteiger partial charge in [0.2, 0.25) is 0 Å². The number of hydrogen-bond donors (Lipinski definition) is 1. The molecular formula is C12H13BrN2O2S. The molecule has 2 aromatic rings. The summed E-state index contributed by atoms with van der Waals surface area (Å²) in [7, 11) is 0. The lowest BCUT2D eigenvalue weighted by atomic mass is 10.2. The number of ether oxygens (including phenoxy) is 1. The number of aromatic nitrogens is 1. The summed E-state index contributed by atoms with van der Waals surface area (Å²) in [5.41, 5.74) is 2.75.